The first-order valence-electron chi connectivity index (χ1n) is 6.25. The van der Waals surface area contributed by atoms with Crippen molar-refractivity contribution in [2.45, 2.75) is 45.2 Å². The molecule has 0 spiro atoms. The molecule has 0 amide bonds. The molecule has 2 N–H and O–H groups in total. The van der Waals surface area contributed by atoms with Crippen molar-refractivity contribution in [2.24, 2.45) is 5.73 Å². The van der Waals surface area contributed by atoms with Gasteiger partial charge in [0.25, 0.3) is 0 Å². The van der Waals surface area contributed by atoms with Gasteiger partial charge in [0.1, 0.15) is 0 Å². The van der Waals surface area contributed by atoms with E-state index in [0.29, 0.717) is 6.54 Å². The van der Waals surface area contributed by atoms with Gasteiger partial charge >= 0.3 is 0 Å². The number of nitrogens with zero attached hydrogens (tertiary/aromatic N) is 2. The summed E-state index contributed by atoms with van der Waals surface area (Å²) < 4.78 is 5.26. The molecule has 1 fully saturated rings. The lowest BCUT2D eigenvalue weighted by Crippen LogP contribution is -2.26. The molecule has 4 nitrogen and oxygen atoms in total. The van der Waals surface area contributed by atoms with E-state index < -0.39 is 0 Å². The van der Waals surface area contributed by atoms with E-state index in [2.05, 4.69) is 10.1 Å². The van der Waals surface area contributed by atoms with Crippen LogP contribution in [0.1, 0.15) is 43.6 Å². The Morgan fingerprint density at radius 2 is 1.88 bits per heavy atom. The fraction of sp³-hybridized carbons (Fsp3) is 0.750. The van der Waals surface area contributed by atoms with E-state index in [4.69, 9.17) is 10.3 Å². The number of hydrogen-bond acceptors (Lipinski definition) is 4. The number of rotatable bonds is 3. The summed E-state index contributed by atoms with van der Waals surface area (Å²) in [5.74, 6) is 0.945. The molecular weight excluding hydrogens is 202 g/mol. The lowest BCUT2D eigenvalue weighted by molar-refractivity contribution is 0.212. The first-order chi connectivity index (χ1) is 7.88. The molecule has 1 saturated heterocycles. The second-order valence-corrected chi connectivity index (χ2v) is 4.53. The Morgan fingerprint density at radius 1 is 1.19 bits per heavy atom. The van der Waals surface area contributed by atoms with E-state index in [1.807, 2.05) is 6.07 Å². The van der Waals surface area contributed by atoms with Crippen LogP contribution in [0.5, 0.6) is 0 Å². The normalized spacial score (nSPS) is 19.3. The zero-order valence-corrected chi connectivity index (χ0v) is 9.82. The van der Waals surface area contributed by atoms with Gasteiger partial charge in [0, 0.05) is 12.6 Å². The van der Waals surface area contributed by atoms with E-state index in [-0.39, 0.29) is 0 Å². The Labute approximate surface area is 96.8 Å². The van der Waals surface area contributed by atoms with Crippen LogP contribution in [0.4, 0.5) is 0 Å². The summed E-state index contributed by atoms with van der Waals surface area (Å²) in [4.78, 5) is 2.46. The van der Waals surface area contributed by atoms with Crippen molar-refractivity contribution >= 4 is 0 Å². The Morgan fingerprint density at radius 3 is 2.50 bits per heavy atom. The largest absolute Gasteiger partial charge is 0.360 e. The molecule has 0 saturated carbocycles. The van der Waals surface area contributed by atoms with Gasteiger partial charge in [0.15, 0.2) is 5.76 Å². The molecule has 0 atom stereocenters. The standard InChI is InChI=1S/C12H21N3O/c13-9-11-8-12(16-14-11)10-15-6-4-2-1-3-5-7-15/h8H,1-7,9-10,13H2. The van der Waals surface area contributed by atoms with E-state index in [1.54, 1.807) is 0 Å². The van der Waals surface area contributed by atoms with Crippen molar-refractivity contribution in [2.75, 3.05) is 13.1 Å². The number of likely N-dealkylation sites (tertiary alicyclic amines) is 1. The maximum atomic E-state index is 5.51. The predicted molar refractivity (Wildman–Crippen MR) is 62.8 cm³/mol. The molecule has 0 radical (unpaired) electrons. The zero-order valence-electron chi connectivity index (χ0n) is 9.82. The molecule has 90 valence electrons. The summed E-state index contributed by atoms with van der Waals surface area (Å²) >= 11 is 0. The van der Waals surface area contributed by atoms with E-state index >= 15 is 0 Å². The van der Waals surface area contributed by atoms with Crippen LogP contribution in [-0.2, 0) is 13.1 Å². The minimum atomic E-state index is 0.462. The highest BCUT2D eigenvalue weighted by atomic mass is 16.5. The van der Waals surface area contributed by atoms with Crippen LogP contribution in [0.15, 0.2) is 10.6 Å². The average molecular weight is 223 g/mol. The highest BCUT2D eigenvalue weighted by Gasteiger charge is 2.11. The number of hydrogen-bond donors (Lipinski definition) is 1. The third kappa shape index (κ3) is 3.32. The van der Waals surface area contributed by atoms with Crippen molar-refractivity contribution in [3.63, 3.8) is 0 Å². The molecular formula is C12H21N3O. The van der Waals surface area contributed by atoms with Crippen molar-refractivity contribution in [1.82, 2.24) is 10.1 Å². The van der Waals surface area contributed by atoms with Gasteiger partial charge in [0.05, 0.1) is 12.2 Å². The van der Waals surface area contributed by atoms with Crippen LogP contribution in [0, 0.1) is 0 Å². The van der Waals surface area contributed by atoms with Crippen LogP contribution < -0.4 is 5.73 Å². The zero-order chi connectivity index (χ0) is 11.2. The quantitative estimate of drug-likeness (QED) is 0.850. The lowest BCUT2D eigenvalue weighted by Gasteiger charge is -2.22. The van der Waals surface area contributed by atoms with Crippen molar-refractivity contribution < 1.29 is 4.52 Å². The van der Waals surface area contributed by atoms with Gasteiger partial charge in [-0.25, -0.2) is 0 Å². The second kappa shape index (κ2) is 6.01. The summed E-state index contributed by atoms with van der Waals surface area (Å²) in [7, 11) is 0. The second-order valence-electron chi connectivity index (χ2n) is 4.53. The molecule has 0 aromatic carbocycles. The summed E-state index contributed by atoms with van der Waals surface area (Å²) in [6, 6.07) is 1.97. The fourth-order valence-corrected chi connectivity index (χ4v) is 2.22. The van der Waals surface area contributed by atoms with Crippen molar-refractivity contribution in [3.05, 3.63) is 17.5 Å². The van der Waals surface area contributed by atoms with Gasteiger partial charge in [-0.15, -0.1) is 0 Å². The van der Waals surface area contributed by atoms with Crippen LogP contribution >= 0.6 is 0 Å². The maximum Gasteiger partial charge on any atom is 0.151 e. The minimum absolute atomic E-state index is 0.462. The fourth-order valence-electron chi connectivity index (χ4n) is 2.22. The third-order valence-corrected chi connectivity index (χ3v) is 3.15. The Kier molecular flexibility index (Phi) is 4.36. The van der Waals surface area contributed by atoms with Crippen LogP contribution in [0.25, 0.3) is 0 Å². The highest BCUT2D eigenvalue weighted by molar-refractivity contribution is 5.04. The van der Waals surface area contributed by atoms with Gasteiger partial charge in [-0.2, -0.15) is 0 Å². The molecule has 1 aromatic rings. The van der Waals surface area contributed by atoms with Crippen LogP contribution in [0.3, 0.4) is 0 Å². The maximum absolute atomic E-state index is 5.51. The SMILES string of the molecule is NCc1cc(CN2CCCCCCC2)on1. The molecule has 1 aromatic heterocycles. The molecule has 0 bridgehead atoms. The molecule has 0 unspecified atom stereocenters. The summed E-state index contributed by atoms with van der Waals surface area (Å²) in [5, 5.41) is 3.92. The molecule has 4 heteroatoms. The van der Waals surface area contributed by atoms with Crippen molar-refractivity contribution in [1.29, 1.82) is 0 Å². The minimum Gasteiger partial charge on any atom is -0.360 e. The van der Waals surface area contributed by atoms with Crippen molar-refractivity contribution in [3.8, 4) is 0 Å². The Bertz CT molecular complexity index is 303. The van der Waals surface area contributed by atoms with Crippen LogP contribution in [-0.4, -0.2) is 23.1 Å². The molecule has 2 rings (SSSR count). The van der Waals surface area contributed by atoms with Gasteiger partial charge in [-0.05, 0) is 25.9 Å². The van der Waals surface area contributed by atoms with Crippen LogP contribution in [0.2, 0.25) is 0 Å². The van der Waals surface area contributed by atoms with Gasteiger partial charge in [-0.3, -0.25) is 4.90 Å². The highest BCUT2D eigenvalue weighted by Crippen LogP contribution is 2.13. The van der Waals surface area contributed by atoms with Gasteiger partial charge < -0.3 is 10.3 Å². The average Bonchev–Trinajstić information content (AvgIpc) is 2.69. The Balaban J connectivity index is 1.86. The smallest absolute Gasteiger partial charge is 0.151 e. The topological polar surface area (TPSA) is 55.3 Å². The van der Waals surface area contributed by atoms with E-state index in [1.165, 1.54) is 45.2 Å². The summed E-state index contributed by atoms with van der Waals surface area (Å²) in [6.45, 7) is 3.70. The molecule has 1 aliphatic heterocycles. The number of aromatic nitrogens is 1. The lowest BCUT2D eigenvalue weighted by atomic mass is 10.1. The molecule has 0 aliphatic carbocycles. The monoisotopic (exact) mass is 223 g/mol. The summed E-state index contributed by atoms with van der Waals surface area (Å²) in [5.41, 5.74) is 6.35. The number of nitrogens with two attached hydrogens (primary N) is 1. The van der Waals surface area contributed by atoms with E-state index in [9.17, 15) is 0 Å². The molecule has 1 aliphatic rings. The predicted octanol–water partition coefficient (Wildman–Crippen LogP) is 1.90. The third-order valence-electron chi connectivity index (χ3n) is 3.15. The van der Waals surface area contributed by atoms with Gasteiger partial charge in [0.2, 0.25) is 0 Å². The Hall–Kier alpha value is -0.870. The van der Waals surface area contributed by atoms with E-state index in [0.717, 1.165) is 18.0 Å². The molecule has 2 heterocycles. The summed E-state index contributed by atoms with van der Waals surface area (Å²) in [6.07, 6.45) is 6.73. The first kappa shape index (κ1) is 11.6. The molecule has 16 heavy (non-hydrogen) atoms. The first-order valence-corrected chi connectivity index (χ1v) is 6.25. The van der Waals surface area contributed by atoms with Gasteiger partial charge in [-0.1, -0.05) is 24.4 Å².